The molecule has 1 aliphatic carbocycles. The summed E-state index contributed by atoms with van der Waals surface area (Å²) >= 11 is 0. The van der Waals surface area contributed by atoms with Crippen LogP contribution in [0.5, 0.6) is 0 Å². The molecule has 1 atom stereocenters. The lowest BCUT2D eigenvalue weighted by molar-refractivity contribution is -0.174. The molecule has 4 nitrogen and oxygen atoms in total. The molecule has 1 fully saturated rings. The van der Waals surface area contributed by atoms with Crippen LogP contribution in [-0.2, 0) is 15.1 Å². The Labute approximate surface area is 151 Å². The fourth-order valence-corrected chi connectivity index (χ4v) is 3.39. The minimum Gasteiger partial charge on any atom is -0.450 e. The minimum atomic E-state index is -1.58. The lowest BCUT2D eigenvalue weighted by Crippen LogP contribution is -2.45. The van der Waals surface area contributed by atoms with E-state index in [1.54, 1.807) is 12.1 Å². The number of nitrogens with one attached hydrogen (secondary N) is 1. The Hall–Kier alpha value is -1.83. The van der Waals surface area contributed by atoms with E-state index in [0.29, 0.717) is 12.1 Å². The summed E-state index contributed by atoms with van der Waals surface area (Å²) in [6.07, 6.45) is 5.97. The predicted octanol–water partition coefficient (Wildman–Crippen LogP) is 3.00. The third kappa shape index (κ3) is 5.32. The maximum atomic E-state index is 12.7. The predicted molar refractivity (Wildman–Crippen MR) is 98.8 cm³/mol. The summed E-state index contributed by atoms with van der Waals surface area (Å²) in [4.78, 5) is 12.7. The fourth-order valence-electron chi connectivity index (χ4n) is 3.39. The molecule has 1 aromatic rings. The van der Waals surface area contributed by atoms with Crippen molar-refractivity contribution in [2.24, 2.45) is 5.92 Å². The van der Waals surface area contributed by atoms with E-state index >= 15 is 0 Å². The Balaban J connectivity index is 2.03. The van der Waals surface area contributed by atoms with Crippen molar-refractivity contribution >= 4 is 5.97 Å². The minimum absolute atomic E-state index is 0.00843. The highest BCUT2D eigenvalue weighted by Crippen LogP contribution is 2.40. The Bertz CT molecular complexity index is 584. The number of benzene rings is 1. The van der Waals surface area contributed by atoms with Gasteiger partial charge in [-0.2, -0.15) is 0 Å². The van der Waals surface area contributed by atoms with Crippen LogP contribution in [-0.4, -0.2) is 30.8 Å². The number of carbonyl (C=O) groups is 1. The zero-order chi connectivity index (χ0) is 18.0. The number of rotatable bonds is 7. The van der Waals surface area contributed by atoms with Gasteiger partial charge in [-0.05, 0) is 31.4 Å². The Morgan fingerprint density at radius 2 is 1.96 bits per heavy atom. The van der Waals surface area contributed by atoms with E-state index < -0.39 is 11.6 Å². The Morgan fingerprint density at radius 3 is 2.64 bits per heavy atom. The topological polar surface area (TPSA) is 58.6 Å². The SMILES string of the molecule is CCCNCC#CCOC(=O)C(O)(c1ccccc1)C1CCCCC1. The number of carbonyl (C=O) groups excluding carboxylic acids is 1. The van der Waals surface area contributed by atoms with Crippen LogP contribution in [0, 0.1) is 17.8 Å². The average Bonchev–Trinajstić information content (AvgIpc) is 2.67. The van der Waals surface area contributed by atoms with Crippen LogP contribution >= 0.6 is 0 Å². The van der Waals surface area contributed by atoms with Crippen molar-refractivity contribution in [2.45, 2.75) is 51.0 Å². The molecule has 4 heteroatoms. The third-order valence-electron chi connectivity index (χ3n) is 4.76. The highest BCUT2D eigenvalue weighted by Gasteiger charge is 2.46. The smallest absolute Gasteiger partial charge is 0.344 e. The molecule has 0 heterocycles. The second kappa shape index (κ2) is 10.2. The summed E-state index contributed by atoms with van der Waals surface area (Å²) in [5, 5.41) is 14.5. The monoisotopic (exact) mass is 343 g/mol. The van der Waals surface area contributed by atoms with Crippen molar-refractivity contribution in [1.82, 2.24) is 5.32 Å². The molecule has 2 rings (SSSR count). The number of ether oxygens (including phenoxy) is 1. The summed E-state index contributed by atoms with van der Waals surface area (Å²) < 4.78 is 5.33. The zero-order valence-corrected chi connectivity index (χ0v) is 15.1. The van der Waals surface area contributed by atoms with Gasteiger partial charge in [-0.25, -0.2) is 4.79 Å². The van der Waals surface area contributed by atoms with Gasteiger partial charge in [0.15, 0.2) is 12.2 Å². The molecule has 25 heavy (non-hydrogen) atoms. The van der Waals surface area contributed by atoms with E-state index in [4.69, 9.17) is 4.74 Å². The van der Waals surface area contributed by atoms with E-state index in [0.717, 1.165) is 45.1 Å². The quantitative estimate of drug-likeness (QED) is 0.454. The number of esters is 1. The van der Waals surface area contributed by atoms with Crippen LogP contribution in [0.25, 0.3) is 0 Å². The molecule has 0 spiro atoms. The molecule has 0 aromatic heterocycles. The van der Waals surface area contributed by atoms with Gasteiger partial charge in [-0.1, -0.05) is 68.4 Å². The summed E-state index contributed by atoms with van der Waals surface area (Å²) in [6.45, 7) is 3.60. The first kappa shape index (κ1) is 19.5. The van der Waals surface area contributed by atoms with Gasteiger partial charge in [-0.3, -0.25) is 0 Å². The number of aliphatic hydroxyl groups is 1. The van der Waals surface area contributed by atoms with E-state index in [1.165, 1.54) is 0 Å². The van der Waals surface area contributed by atoms with Crippen molar-refractivity contribution in [1.29, 1.82) is 0 Å². The Morgan fingerprint density at radius 1 is 1.24 bits per heavy atom. The molecule has 0 amide bonds. The first-order valence-electron chi connectivity index (χ1n) is 9.31. The number of hydrogen-bond acceptors (Lipinski definition) is 4. The molecule has 136 valence electrons. The normalized spacial score (nSPS) is 17.2. The van der Waals surface area contributed by atoms with E-state index in [9.17, 15) is 9.90 Å². The molecular formula is C21H29NO3. The standard InChI is InChI=1S/C21H29NO3/c1-2-15-22-16-9-10-17-25-20(23)21(24,18-11-5-3-6-12-18)19-13-7-4-8-14-19/h3,5-6,11-12,19,22,24H,2,4,7-8,13-17H2,1H3. The summed E-state index contributed by atoms with van der Waals surface area (Å²) in [5.41, 5.74) is -0.964. The highest BCUT2D eigenvalue weighted by atomic mass is 16.5. The van der Waals surface area contributed by atoms with Crippen molar-refractivity contribution < 1.29 is 14.6 Å². The van der Waals surface area contributed by atoms with Gasteiger partial charge in [0.25, 0.3) is 0 Å². The second-order valence-corrected chi connectivity index (χ2v) is 6.57. The molecule has 2 N–H and O–H groups in total. The van der Waals surface area contributed by atoms with Crippen molar-refractivity contribution in [3.05, 3.63) is 35.9 Å². The molecule has 0 aliphatic heterocycles. The molecular weight excluding hydrogens is 314 g/mol. The van der Waals surface area contributed by atoms with Crippen LogP contribution in [0.15, 0.2) is 30.3 Å². The van der Waals surface area contributed by atoms with E-state index in [1.807, 2.05) is 18.2 Å². The fraction of sp³-hybridized carbons (Fsp3) is 0.571. The van der Waals surface area contributed by atoms with Gasteiger partial charge >= 0.3 is 5.97 Å². The number of hydrogen-bond donors (Lipinski definition) is 2. The van der Waals surface area contributed by atoms with Gasteiger partial charge in [0.1, 0.15) is 0 Å². The van der Waals surface area contributed by atoms with Gasteiger partial charge in [0, 0.05) is 5.92 Å². The third-order valence-corrected chi connectivity index (χ3v) is 4.76. The van der Waals surface area contributed by atoms with Crippen molar-refractivity contribution in [2.75, 3.05) is 19.7 Å². The summed E-state index contributed by atoms with van der Waals surface area (Å²) in [7, 11) is 0. The molecule has 1 unspecified atom stereocenters. The first-order valence-corrected chi connectivity index (χ1v) is 9.31. The molecule has 1 saturated carbocycles. The maximum Gasteiger partial charge on any atom is 0.344 e. The zero-order valence-electron chi connectivity index (χ0n) is 15.1. The lowest BCUT2D eigenvalue weighted by Gasteiger charge is -2.36. The van der Waals surface area contributed by atoms with Gasteiger partial charge < -0.3 is 15.2 Å². The van der Waals surface area contributed by atoms with Crippen LogP contribution in [0.2, 0.25) is 0 Å². The maximum absolute atomic E-state index is 12.7. The van der Waals surface area contributed by atoms with Crippen LogP contribution in [0.3, 0.4) is 0 Å². The summed E-state index contributed by atoms with van der Waals surface area (Å²) in [6, 6.07) is 9.17. The summed E-state index contributed by atoms with van der Waals surface area (Å²) in [5.74, 6) is 5.08. The van der Waals surface area contributed by atoms with Gasteiger partial charge in [0.05, 0.1) is 6.54 Å². The Kier molecular flexibility index (Phi) is 7.97. The van der Waals surface area contributed by atoms with Crippen molar-refractivity contribution in [3.63, 3.8) is 0 Å². The molecule has 0 bridgehead atoms. The van der Waals surface area contributed by atoms with Crippen molar-refractivity contribution in [3.8, 4) is 11.8 Å². The first-order chi connectivity index (χ1) is 12.2. The molecule has 0 saturated heterocycles. The van der Waals surface area contributed by atoms with E-state index in [-0.39, 0.29) is 12.5 Å². The van der Waals surface area contributed by atoms with E-state index in [2.05, 4.69) is 24.1 Å². The molecule has 1 aliphatic rings. The second-order valence-electron chi connectivity index (χ2n) is 6.57. The van der Waals surface area contributed by atoms with Crippen LogP contribution in [0.4, 0.5) is 0 Å². The van der Waals surface area contributed by atoms with Gasteiger partial charge in [-0.15, -0.1) is 0 Å². The lowest BCUT2D eigenvalue weighted by atomic mass is 9.73. The highest BCUT2D eigenvalue weighted by molar-refractivity contribution is 5.81. The largest absolute Gasteiger partial charge is 0.450 e. The van der Waals surface area contributed by atoms with Crippen LogP contribution < -0.4 is 5.32 Å². The van der Waals surface area contributed by atoms with Crippen LogP contribution in [0.1, 0.15) is 51.0 Å². The average molecular weight is 343 g/mol. The van der Waals surface area contributed by atoms with Gasteiger partial charge in [0.2, 0.25) is 0 Å². The molecule has 1 aromatic carbocycles. The molecule has 0 radical (unpaired) electrons.